The number of nitrogens with one attached hydrogen (secondary N) is 2. The second-order valence-electron chi connectivity index (χ2n) is 7.16. The average molecular weight is 380 g/mol. The van der Waals surface area contributed by atoms with Crippen LogP contribution in [0.1, 0.15) is 46.5 Å². The summed E-state index contributed by atoms with van der Waals surface area (Å²) in [6.07, 6.45) is 2.63. The minimum absolute atomic E-state index is 0.0467. The predicted octanol–water partition coefficient (Wildman–Crippen LogP) is -0.802. The van der Waals surface area contributed by atoms with Crippen molar-refractivity contribution in [2.75, 3.05) is 19.6 Å². The van der Waals surface area contributed by atoms with Gasteiger partial charge in [0.25, 0.3) is 0 Å². The van der Waals surface area contributed by atoms with E-state index in [1.807, 2.05) is 0 Å². The Morgan fingerprint density at radius 2 is 1.33 bits per heavy atom. The van der Waals surface area contributed by atoms with Gasteiger partial charge in [0.15, 0.2) is 5.78 Å². The third-order valence-electron chi connectivity index (χ3n) is 5.21. The third kappa shape index (κ3) is 5.05. The first kappa shape index (κ1) is 20.9. The number of nitrogens with zero attached hydrogens (tertiary/aromatic N) is 2. The molecule has 0 radical (unpaired) electrons. The van der Waals surface area contributed by atoms with Crippen LogP contribution < -0.4 is 10.6 Å². The molecule has 2 N–H and O–H groups in total. The lowest BCUT2D eigenvalue weighted by Crippen LogP contribution is -2.55. The van der Waals surface area contributed by atoms with E-state index in [0.717, 1.165) is 12.8 Å². The lowest BCUT2D eigenvalue weighted by atomic mass is 10.1. The van der Waals surface area contributed by atoms with Gasteiger partial charge in [-0.05, 0) is 32.6 Å². The van der Waals surface area contributed by atoms with Gasteiger partial charge in [0.2, 0.25) is 23.6 Å². The van der Waals surface area contributed by atoms with Gasteiger partial charge in [-0.2, -0.15) is 0 Å². The number of amides is 4. The van der Waals surface area contributed by atoms with E-state index in [2.05, 4.69) is 10.6 Å². The quantitative estimate of drug-likeness (QED) is 0.626. The van der Waals surface area contributed by atoms with Crippen molar-refractivity contribution in [3.05, 3.63) is 0 Å². The van der Waals surface area contributed by atoms with Crippen LogP contribution in [0.2, 0.25) is 0 Å². The molecule has 150 valence electrons. The topological polar surface area (TPSA) is 116 Å². The van der Waals surface area contributed by atoms with Crippen molar-refractivity contribution in [2.45, 2.75) is 64.6 Å². The predicted molar refractivity (Wildman–Crippen MR) is 96.4 cm³/mol. The highest BCUT2D eigenvalue weighted by molar-refractivity contribution is 5.93. The molecule has 0 aliphatic carbocycles. The zero-order valence-electron chi connectivity index (χ0n) is 16.1. The number of Topliss-reactive ketones (excluding diaryl/α,β-unsaturated/α-hetero) is 1. The summed E-state index contributed by atoms with van der Waals surface area (Å²) in [5.74, 6) is -1.33. The van der Waals surface area contributed by atoms with E-state index in [1.165, 1.54) is 30.6 Å². The summed E-state index contributed by atoms with van der Waals surface area (Å²) >= 11 is 0. The Bertz CT molecular complexity index is 635. The van der Waals surface area contributed by atoms with Crippen LogP contribution >= 0.6 is 0 Å². The van der Waals surface area contributed by atoms with E-state index in [1.54, 1.807) is 0 Å². The Kier molecular flexibility index (Phi) is 6.92. The van der Waals surface area contributed by atoms with E-state index in [0.29, 0.717) is 25.9 Å². The second kappa shape index (κ2) is 8.96. The summed E-state index contributed by atoms with van der Waals surface area (Å²) in [7, 11) is 0. The van der Waals surface area contributed by atoms with Crippen LogP contribution in [0.3, 0.4) is 0 Å². The molecular weight excluding hydrogens is 352 g/mol. The Labute approximate surface area is 158 Å². The fraction of sp³-hybridized carbons (Fsp3) is 0.722. The fourth-order valence-corrected chi connectivity index (χ4v) is 3.72. The largest absolute Gasteiger partial charge is 0.352 e. The average Bonchev–Trinajstić information content (AvgIpc) is 3.26. The number of hydrogen-bond donors (Lipinski definition) is 2. The van der Waals surface area contributed by atoms with Crippen LogP contribution in [-0.2, 0) is 24.0 Å². The standard InChI is InChI=1S/C18H28N4O5/c1-11(23)14(20-18(27)16-7-5-9-22(16)13(3)25)10-19-17(26)15-6-4-8-21(15)12(2)24/h14-16H,4-10H2,1-3H3,(H,19,26)(H,20,27). The fourth-order valence-electron chi connectivity index (χ4n) is 3.72. The van der Waals surface area contributed by atoms with E-state index in [-0.39, 0.29) is 36.0 Å². The van der Waals surface area contributed by atoms with E-state index >= 15 is 0 Å². The Balaban J connectivity index is 1.93. The van der Waals surface area contributed by atoms with Crippen LogP contribution in [0.4, 0.5) is 0 Å². The highest BCUT2D eigenvalue weighted by atomic mass is 16.2. The molecule has 2 aliphatic heterocycles. The van der Waals surface area contributed by atoms with Gasteiger partial charge in [-0.25, -0.2) is 0 Å². The summed E-state index contributed by atoms with van der Waals surface area (Å²) in [5, 5.41) is 5.32. The van der Waals surface area contributed by atoms with Gasteiger partial charge in [0, 0.05) is 33.5 Å². The van der Waals surface area contributed by atoms with Crippen molar-refractivity contribution in [1.29, 1.82) is 0 Å². The maximum absolute atomic E-state index is 12.5. The molecule has 2 heterocycles. The monoisotopic (exact) mass is 380 g/mol. The van der Waals surface area contributed by atoms with Gasteiger partial charge < -0.3 is 20.4 Å². The van der Waals surface area contributed by atoms with Crippen molar-refractivity contribution in [3.63, 3.8) is 0 Å². The smallest absolute Gasteiger partial charge is 0.243 e. The molecule has 9 heteroatoms. The van der Waals surface area contributed by atoms with Crippen LogP contribution in [0.15, 0.2) is 0 Å². The molecule has 9 nitrogen and oxygen atoms in total. The van der Waals surface area contributed by atoms with Gasteiger partial charge in [-0.1, -0.05) is 0 Å². The van der Waals surface area contributed by atoms with Gasteiger partial charge in [0.1, 0.15) is 18.1 Å². The molecule has 0 aromatic rings. The summed E-state index contributed by atoms with van der Waals surface area (Å²) in [6, 6.07) is -1.99. The molecule has 0 aromatic carbocycles. The van der Waals surface area contributed by atoms with E-state index < -0.39 is 18.1 Å². The third-order valence-corrected chi connectivity index (χ3v) is 5.21. The number of carbonyl (C=O) groups excluding carboxylic acids is 5. The maximum Gasteiger partial charge on any atom is 0.243 e. The van der Waals surface area contributed by atoms with Gasteiger partial charge in [0.05, 0.1) is 0 Å². The molecule has 27 heavy (non-hydrogen) atoms. The minimum atomic E-state index is -0.872. The minimum Gasteiger partial charge on any atom is -0.352 e. The lowest BCUT2D eigenvalue weighted by molar-refractivity contribution is -0.138. The van der Waals surface area contributed by atoms with Crippen LogP contribution in [0, 0.1) is 0 Å². The van der Waals surface area contributed by atoms with Gasteiger partial charge in [-0.15, -0.1) is 0 Å². The maximum atomic E-state index is 12.5. The molecule has 0 spiro atoms. The Morgan fingerprint density at radius 3 is 1.78 bits per heavy atom. The summed E-state index contributed by atoms with van der Waals surface area (Å²) < 4.78 is 0. The molecular formula is C18H28N4O5. The van der Waals surface area contributed by atoms with Crippen LogP contribution in [0.25, 0.3) is 0 Å². The number of likely N-dealkylation sites (tertiary alicyclic amines) is 2. The van der Waals surface area contributed by atoms with Crippen LogP contribution in [-0.4, -0.2) is 77.0 Å². The SMILES string of the molecule is CC(=O)C(CNC(=O)C1CCCN1C(C)=O)NC(=O)C1CCCN1C(C)=O. The van der Waals surface area contributed by atoms with Crippen molar-refractivity contribution >= 4 is 29.4 Å². The molecule has 2 rings (SSSR count). The number of rotatable bonds is 6. The van der Waals surface area contributed by atoms with Gasteiger partial charge in [-0.3, -0.25) is 24.0 Å². The Morgan fingerprint density at radius 1 is 0.852 bits per heavy atom. The van der Waals surface area contributed by atoms with Crippen molar-refractivity contribution in [3.8, 4) is 0 Å². The molecule has 2 fully saturated rings. The summed E-state index contributed by atoms with van der Waals surface area (Å²) in [5.41, 5.74) is 0. The first-order valence-electron chi connectivity index (χ1n) is 9.35. The molecule has 3 atom stereocenters. The van der Waals surface area contributed by atoms with Crippen molar-refractivity contribution in [2.24, 2.45) is 0 Å². The molecule has 4 amide bonds. The number of hydrogen-bond acceptors (Lipinski definition) is 5. The second-order valence-corrected chi connectivity index (χ2v) is 7.16. The first-order chi connectivity index (χ1) is 12.7. The van der Waals surface area contributed by atoms with E-state index in [9.17, 15) is 24.0 Å². The number of ketones is 1. The van der Waals surface area contributed by atoms with Crippen molar-refractivity contribution < 1.29 is 24.0 Å². The lowest BCUT2D eigenvalue weighted by Gasteiger charge is -2.26. The zero-order valence-corrected chi connectivity index (χ0v) is 16.1. The molecule has 0 aromatic heterocycles. The molecule has 3 unspecified atom stereocenters. The Hall–Kier alpha value is -2.45. The summed E-state index contributed by atoms with van der Waals surface area (Å²) in [4.78, 5) is 63.0. The molecule has 0 bridgehead atoms. The summed E-state index contributed by atoms with van der Waals surface area (Å²) in [6.45, 7) is 5.20. The molecule has 0 saturated carbocycles. The number of carbonyl (C=O) groups is 5. The highest BCUT2D eigenvalue weighted by Crippen LogP contribution is 2.18. The van der Waals surface area contributed by atoms with Crippen molar-refractivity contribution in [1.82, 2.24) is 20.4 Å². The van der Waals surface area contributed by atoms with E-state index in [4.69, 9.17) is 0 Å². The molecule has 2 aliphatic rings. The molecule has 2 saturated heterocycles. The zero-order chi connectivity index (χ0) is 20.1. The highest BCUT2D eigenvalue weighted by Gasteiger charge is 2.35. The first-order valence-corrected chi connectivity index (χ1v) is 9.35. The normalized spacial score (nSPS) is 23.1. The van der Waals surface area contributed by atoms with Crippen LogP contribution in [0.5, 0.6) is 0 Å². The van der Waals surface area contributed by atoms with Gasteiger partial charge >= 0.3 is 0 Å².